The van der Waals surface area contributed by atoms with Crippen molar-refractivity contribution in [3.05, 3.63) is 36.4 Å². The van der Waals surface area contributed by atoms with E-state index in [4.69, 9.17) is 5.73 Å². The fourth-order valence-electron chi connectivity index (χ4n) is 0.537. The highest BCUT2D eigenvalue weighted by molar-refractivity contribution is 7.80. The summed E-state index contributed by atoms with van der Waals surface area (Å²) in [5, 5.41) is 1.95. The fraction of sp³-hybridized carbons (Fsp3) is 0.111. The van der Waals surface area contributed by atoms with Crippen LogP contribution in [0.2, 0.25) is 0 Å². The molecule has 3 N–H and O–H groups in total. The van der Waals surface area contributed by atoms with Crippen LogP contribution in [0.5, 0.6) is 0 Å². The number of hydrogen-bond acceptors (Lipinski definition) is 3. The minimum Gasteiger partial charge on any atom is -0.453 e. The average molecular weight is 212 g/mol. The van der Waals surface area contributed by atoms with Gasteiger partial charge in [-0.3, -0.25) is 5.32 Å². The van der Waals surface area contributed by atoms with Gasteiger partial charge in [0.1, 0.15) is 0 Å². The molecule has 0 saturated carbocycles. The largest absolute Gasteiger partial charge is 0.453 e. The number of nitrogens with two attached hydrogens (primary N) is 1. The van der Waals surface area contributed by atoms with Crippen LogP contribution in [-0.4, -0.2) is 18.3 Å². The van der Waals surface area contributed by atoms with E-state index >= 15 is 0 Å². The van der Waals surface area contributed by atoms with E-state index in [0.717, 1.165) is 0 Å². The summed E-state index contributed by atoms with van der Waals surface area (Å²) < 4.78 is 4.14. The molecule has 0 aliphatic rings. The zero-order chi connectivity index (χ0) is 10.8. The lowest BCUT2D eigenvalue weighted by Crippen LogP contribution is -2.34. The fourth-order valence-corrected chi connectivity index (χ4v) is 0.620. The molecule has 4 nitrogen and oxygen atoms in total. The minimum absolute atomic E-state index is 0.0862. The van der Waals surface area contributed by atoms with Gasteiger partial charge >= 0.3 is 6.09 Å². The van der Waals surface area contributed by atoms with E-state index in [-0.39, 0.29) is 5.11 Å². The van der Waals surface area contributed by atoms with Gasteiger partial charge in [-0.05, 0) is 12.2 Å². The molecule has 1 aromatic carbocycles. The average Bonchev–Trinajstić information content (AvgIpc) is 2.20. The summed E-state index contributed by atoms with van der Waals surface area (Å²) in [6.07, 6.45) is -0.641. The molecule has 0 heterocycles. The van der Waals surface area contributed by atoms with Crippen LogP contribution in [0.15, 0.2) is 36.4 Å². The SMILES string of the molecule is COC(=O)NC(N)=S.c1ccccc1. The molecule has 0 fully saturated rings. The smallest absolute Gasteiger partial charge is 0.413 e. The molecule has 0 unspecified atom stereocenters. The van der Waals surface area contributed by atoms with Crippen LogP contribution in [0.4, 0.5) is 4.79 Å². The van der Waals surface area contributed by atoms with Crippen molar-refractivity contribution in [2.24, 2.45) is 5.73 Å². The summed E-state index contributed by atoms with van der Waals surface area (Å²) in [5.74, 6) is 0. The third-order valence-corrected chi connectivity index (χ3v) is 1.18. The molecule has 1 amide bonds. The van der Waals surface area contributed by atoms with Crippen LogP contribution in [0.25, 0.3) is 0 Å². The molecule has 0 radical (unpaired) electrons. The Morgan fingerprint density at radius 2 is 1.57 bits per heavy atom. The maximum Gasteiger partial charge on any atom is 0.413 e. The molecule has 0 spiro atoms. The van der Waals surface area contributed by atoms with Crippen molar-refractivity contribution in [3.63, 3.8) is 0 Å². The molecule has 0 saturated heterocycles. The maximum absolute atomic E-state index is 10.1. The number of rotatable bonds is 0. The predicted octanol–water partition coefficient (Wildman–Crippen LogP) is 1.27. The van der Waals surface area contributed by atoms with Crippen molar-refractivity contribution in [2.75, 3.05) is 7.11 Å². The van der Waals surface area contributed by atoms with Gasteiger partial charge in [0.25, 0.3) is 0 Å². The maximum atomic E-state index is 10.1. The molecule has 0 aliphatic heterocycles. The van der Waals surface area contributed by atoms with E-state index in [1.807, 2.05) is 41.7 Å². The molecule has 0 aromatic heterocycles. The monoisotopic (exact) mass is 212 g/mol. The van der Waals surface area contributed by atoms with Crippen LogP contribution in [0.1, 0.15) is 0 Å². The van der Waals surface area contributed by atoms with E-state index in [9.17, 15) is 4.79 Å². The Kier molecular flexibility index (Phi) is 7.07. The van der Waals surface area contributed by atoms with Crippen LogP contribution >= 0.6 is 12.2 Å². The third kappa shape index (κ3) is 8.48. The first-order valence-corrected chi connectivity index (χ1v) is 4.22. The summed E-state index contributed by atoms with van der Waals surface area (Å²) in [6.45, 7) is 0. The van der Waals surface area contributed by atoms with Gasteiger partial charge in [-0.2, -0.15) is 0 Å². The first-order chi connectivity index (χ1) is 6.66. The van der Waals surface area contributed by atoms with E-state index in [0.29, 0.717) is 0 Å². The van der Waals surface area contributed by atoms with E-state index in [1.165, 1.54) is 7.11 Å². The zero-order valence-corrected chi connectivity index (χ0v) is 8.58. The van der Waals surface area contributed by atoms with Crippen molar-refractivity contribution in [1.82, 2.24) is 5.32 Å². The molecule has 5 heteroatoms. The lowest BCUT2D eigenvalue weighted by molar-refractivity contribution is 0.177. The Morgan fingerprint density at radius 1 is 1.21 bits per heavy atom. The standard InChI is InChI=1S/C6H6.C3H6N2O2S/c1-2-4-6-5-3-1;1-7-3(6)5-2(4)8/h1-6H;1H3,(H3,4,5,6,8). The van der Waals surface area contributed by atoms with E-state index < -0.39 is 6.09 Å². The van der Waals surface area contributed by atoms with Crippen molar-refractivity contribution in [1.29, 1.82) is 0 Å². The van der Waals surface area contributed by atoms with Crippen molar-refractivity contribution in [2.45, 2.75) is 0 Å². The Morgan fingerprint density at radius 3 is 1.71 bits per heavy atom. The van der Waals surface area contributed by atoms with Gasteiger partial charge in [-0.25, -0.2) is 4.79 Å². The summed E-state index contributed by atoms with van der Waals surface area (Å²) in [4.78, 5) is 10.1. The molecule has 1 rings (SSSR count). The summed E-state index contributed by atoms with van der Waals surface area (Å²) in [7, 11) is 1.23. The molecule has 0 atom stereocenters. The number of methoxy groups -OCH3 is 1. The molecule has 1 aromatic rings. The van der Waals surface area contributed by atoms with Gasteiger partial charge in [-0.1, -0.05) is 36.4 Å². The predicted molar refractivity (Wildman–Crippen MR) is 58.8 cm³/mol. The normalized spacial score (nSPS) is 7.79. The third-order valence-electron chi connectivity index (χ3n) is 1.08. The van der Waals surface area contributed by atoms with Gasteiger partial charge in [0.2, 0.25) is 0 Å². The van der Waals surface area contributed by atoms with Crippen LogP contribution in [0, 0.1) is 0 Å². The first kappa shape index (κ1) is 12.4. The van der Waals surface area contributed by atoms with Gasteiger partial charge in [-0.15, -0.1) is 0 Å². The topological polar surface area (TPSA) is 64.3 Å². The van der Waals surface area contributed by atoms with E-state index in [2.05, 4.69) is 17.0 Å². The number of carbonyl (C=O) groups is 1. The quantitative estimate of drug-likeness (QED) is 0.636. The second kappa shape index (κ2) is 8.00. The summed E-state index contributed by atoms with van der Waals surface area (Å²) in [5.41, 5.74) is 4.89. The second-order valence-corrected chi connectivity index (χ2v) is 2.58. The highest BCUT2D eigenvalue weighted by Gasteiger charge is 1.95. The van der Waals surface area contributed by atoms with Crippen LogP contribution < -0.4 is 11.1 Å². The number of thiocarbonyl (C=S) groups is 1. The van der Waals surface area contributed by atoms with Gasteiger partial charge in [0.15, 0.2) is 5.11 Å². The summed E-state index contributed by atoms with van der Waals surface area (Å²) in [6, 6.07) is 12.0. The van der Waals surface area contributed by atoms with Crippen molar-refractivity contribution >= 4 is 23.4 Å². The van der Waals surface area contributed by atoms with Gasteiger partial charge in [0.05, 0.1) is 7.11 Å². The van der Waals surface area contributed by atoms with E-state index in [1.54, 1.807) is 0 Å². The molecule has 14 heavy (non-hydrogen) atoms. The highest BCUT2D eigenvalue weighted by Crippen LogP contribution is 1.79. The number of carbonyl (C=O) groups excluding carboxylic acids is 1. The Labute approximate surface area is 88.1 Å². The van der Waals surface area contributed by atoms with Crippen LogP contribution in [0.3, 0.4) is 0 Å². The number of hydrogen-bond donors (Lipinski definition) is 2. The van der Waals surface area contributed by atoms with Gasteiger partial charge < -0.3 is 10.5 Å². The van der Waals surface area contributed by atoms with Crippen LogP contribution in [-0.2, 0) is 4.74 Å². The zero-order valence-electron chi connectivity index (χ0n) is 7.77. The van der Waals surface area contributed by atoms with Crippen molar-refractivity contribution in [3.8, 4) is 0 Å². The van der Waals surface area contributed by atoms with Crippen molar-refractivity contribution < 1.29 is 9.53 Å². The minimum atomic E-state index is -0.641. The summed E-state index contributed by atoms with van der Waals surface area (Å²) >= 11 is 4.30. The van der Waals surface area contributed by atoms with Gasteiger partial charge in [0, 0.05) is 0 Å². The second-order valence-electron chi connectivity index (χ2n) is 2.14. The lowest BCUT2D eigenvalue weighted by atomic mass is 10.4. The molecule has 0 aliphatic carbocycles. The highest BCUT2D eigenvalue weighted by atomic mass is 32.1. The Balaban J connectivity index is 0.000000249. The first-order valence-electron chi connectivity index (χ1n) is 3.81. The lowest BCUT2D eigenvalue weighted by Gasteiger charge is -1.96. The molecular formula is C9H12N2O2S. The number of amides is 1. The Bertz CT molecular complexity index is 251. The number of benzene rings is 1. The molecular weight excluding hydrogens is 200 g/mol. The number of ether oxygens (including phenoxy) is 1. The molecule has 76 valence electrons. The number of alkyl carbamates (subject to hydrolysis) is 1. The number of nitrogens with one attached hydrogen (secondary N) is 1. The molecule has 0 bridgehead atoms. The Hall–Kier alpha value is -1.62.